The van der Waals surface area contributed by atoms with E-state index < -0.39 is 68.7 Å². The SMILES string of the molecule is O=C(NCc1ccnnc1)C1CC(c2ccc(C(F)(C(F)(F)F)C(F)(F)F)cc2)(S(=O)(=O)c2ccc(F)cc2)C1. The van der Waals surface area contributed by atoms with E-state index >= 15 is 0 Å². The molecule has 1 saturated carbocycles. The van der Waals surface area contributed by atoms with Crippen molar-refractivity contribution < 1.29 is 48.3 Å². The molecule has 0 unspecified atom stereocenters. The molecule has 1 aromatic heterocycles. The summed E-state index contributed by atoms with van der Waals surface area (Å²) in [5, 5.41) is 9.85. The number of hydrogen-bond acceptors (Lipinski definition) is 5. The first-order valence-electron chi connectivity index (χ1n) is 11.5. The van der Waals surface area contributed by atoms with Gasteiger partial charge in [-0.15, -0.1) is 0 Å². The van der Waals surface area contributed by atoms with Crippen LogP contribution in [0.25, 0.3) is 0 Å². The van der Waals surface area contributed by atoms with E-state index in [0.717, 1.165) is 24.3 Å². The van der Waals surface area contributed by atoms with Crippen LogP contribution in [0.1, 0.15) is 29.5 Å². The summed E-state index contributed by atoms with van der Waals surface area (Å²) in [7, 11) is -4.48. The molecule has 15 heteroatoms. The summed E-state index contributed by atoms with van der Waals surface area (Å²) in [4.78, 5) is 12.4. The van der Waals surface area contributed by atoms with Crippen LogP contribution in [0.4, 0.5) is 35.1 Å². The number of nitrogens with zero attached hydrogens (tertiary/aromatic N) is 2. The average molecular weight is 593 g/mol. The molecule has 214 valence electrons. The fourth-order valence-electron chi connectivity index (χ4n) is 4.62. The van der Waals surface area contributed by atoms with E-state index in [1.165, 1.54) is 12.4 Å². The zero-order valence-electron chi connectivity index (χ0n) is 20.1. The second-order valence-electron chi connectivity index (χ2n) is 9.26. The summed E-state index contributed by atoms with van der Waals surface area (Å²) in [5.74, 6) is -2.22. The standard InChI is InChI=1S/C25H19F8N3O3S/c26-19-5-7-20(8-6-19)40(38,39)22(11-16(12-22)21(37)34-13-15-9-10-35-36-14-15)17-1-3-18(4-2-17)23(27,24(28,29)30)25(31,32)33/h1-10,14,16H,11-13H2,(H,34,37). The lowest BCUT2D eigenvalue weighted by Crippen LogP contribution is -2.52. The van der Waals surface area contributed by atoms with Crippen molar-refractivity contribution in [2.45, 2.75) is 47.1 Å². The number of carbonyl (C=O) groups is 1. The number of sulfone groups is 1. The molecular weight excluding hydrogens is 574 g/mol. The molecule has 0 spiro atoms. The van der Waals surface area contributed by atoms with Crippen LogP contribution in [0, 0.1) is 11.7 Å². The average Bonchev–Trinajstić information content (AvgIpc) is 2.86. The zero-order valence-corrected chi connectivity index (χ0v) is 20.9. The number of hydrogen-bond donors (Lipinski definition) is 1. The van der Waals surface area contributed by atoms with Gasteiger partial charge in [-0.05, 0) is 54.3 Å². The Morgan fingerprint density at radius 1 is 0.875 bits per heavy atom. The van der Waals surface area contributed by atoms with Gasteiger partial charge in [-0.3, -0.25) is 4.79 Å². The lowest BCUT2D eigenvalue weighted by Gasteiger charge is -2.46. The van der Waals surface area contributed by atoms with Crippen LogP contribution in [-0.2, 0) is 31.6 Å². The maximum Gasteiger partial charge on any atom is 0.435 e. The van der Waals surface area contributed by atoms with Crippen molar-refractivity contribution in [1.82, 2.24) is 15.5 Å². The highest BCUT2D eigenvalue weighted by atomic mass is 32.2. The molecule has 0 radical (unpaired) electrons. The Labute approximate surface area is 222 Å². The van der Waals surface area contributed by atoms with Gasteiger partial charge in [0.15, 0.2) is 9.84 Å². The van der Waals surface area contributed by atoms with Gasteiger partial charge in [-0.25, -0.2) is 17.2 Å². The largest absolute Gasteiger partial charge is 0.435 e. The predicted molar refractivity (Wildman–Crippen MR) is 123 cm³/mol. The number of aromatic nitrogens is 2. The van der Waals surface area contributed by atoms with E-state index in [2.05, 4.69) is 15.5 Å². The van der Waals surface area contributed by atoms with Gasteiger partial charge >= 0.3 is 18.0 Å². The van der Waals surface area contributed by atoms with E-state index in [1.807, 2.05) is 0 Å². The highest BCUT2D eigenvalue weighted by Crippen LogP contribution is 2.56. The molecule has 0 atom stereocenters. The minimum Gasteiger partial charge on any atom is -0.352 e. The molecule has 1 N–H and O–H groups in total. The van der Waals surface area contributed by atoms with Crippen LogP contribution >= 0.6 is 0 Å². The van der Waals surface area contributed by atoms with Crippen molar-refractivity contribution in [3.05, 3.63) is 89.5 Å². The van der Waals surface area contributed by atoms with Crippen molar-refractivity contribution in [3.8, 4) is 0 Å². The molecule has 1 heterocycles. The highest BCUT2D eigenvalue weighted by molar-refractivity contribution is 7.92. The zero-order chi connectivity index (χ0) is 29.6. The predicted octanol–water partition coefficient (Wildman–Crippen LogP) is 5.30. The van der Waals surface area contributed by atoms with Gasteiger partial charge in [-0.1, -0.05) is 24.3 Å². The summed E-state index contributed by atoms with van der Waals surface area (Å²) in [6.07, 6.45) is -10.7. The molecule has 4 rings (SSSR count). The molecule has 1 aliphatic rings. The Morgan fingerprint density at radius 3 is 1.95 bits per heavy atom. The van der Waals surface area contributed by atoms with Crippen molar-refractivity contribution >= 4 is 15.7 Å². The number of amides is 1. The molecule has 0 saturated heterocycles. The Bertz CT molecular complexity index is 1460. The van der Waals surface area contributed by atoms with Gasteiger partial charge in [0.1, 0.15) is 10.6 Å². The normalized spacial score (nSPS) is 20.1. The van der Waals surface area contributed by atoms with Crippen molar-refractivity contribution in [2.24, 2.45) is 5.92 Å². The van der Waals surface area contributed by atoms with Crippen LogP contribution < -0.4 is 5.32 Å². The summed E-state index contributed by atoms with van der Waals surface area (Å²) in [6.45, 7) is 0.0325. The summed E-state index contributed by atoms with van der Waals surface area (Å²) >= 11 is 0. The molecule has 2 aromatic carbocycles. The smallest absolute Gasteiger partial charge is 0.352 e. The molecular formula is C25H19F8N3O3S. The van der Waals surface area contributed by atoms with Crippen LogP contribution in [-0.4, -0.2) is 36.9 Å². The van der Waals surface area contributed by atoms with Crippen molar-refractivity contribution in [1.29, 1.82) is 0 Å². The van der Waals surface area contributed by atoms with Crippen molar-refractivity contribution in [3.63, 3.8) is 0 Å². The van der Waals surface area contributed by atoms with Gasteiger partial charge in [0.05, 0.1) is 11.1 Å². The fourth-order valence-corrected chi connectivity index (χ4v) is 6.85. The van der Waals surface area contributed by atoms with Gasteiger partial charge in [-0.2, -0.15) is 36.5 Å². The second-order valence-corrected chi connectivity index (χ2v) is 11.5. The summed E-state index contributed by atoms with van der Waals surface area (Å²) in [6, 6.07) is 6.97. The Kier molecular flexibility index (Phi) is 7.41. The maximum absolute atomic E-state index is 14.5. The summed E-state index contributed by atoms with van der Waals surface area (Å²) < 4.78 is 133. The van der Waals surface area contributed by atoms with Gasteiger partial charge in [0, 0.05) is 24.2 Å². The quantitative estimate of drug-likeness (QED) is 0.297. The maximum atomic E-state index is 14.5. The van der Waals surface area contributed by atoms with Crippen LogP contribution in [0.2, 0.25) is 0 Å². The Hall–Kier alpha value is -3.62. The highest BCUT2D eigenvalue weighted by Gasteiger charge is 2.73. The Balaban J connectivity index is 1.69. The molecule has 40 heavy (non-hydrogen) atoms. The van der Waals surface area contributed by atoms with Gasteiger partial charge in [0.2, 0.25) is 5.91 Å². The number of alkyl halides is 7. The third-order valence-electron chi connectivity index (χ3n) is 6.86. The number of halogens is 8. The molecule has 0 aliphatic heterocycles. The number of benzene rings is 2. The van der Waals surface area contributed by atoms with Crippen molar-refractivity contribution in [2.75, 3.05) is 0 Å². The molecule has 1 amide bonds. The minimum absolute atomic E-state index is 0.0325. The summed E-state index contributed by atoms with van der Waals surface area (Å²) in [5.41, 5.74) is -7.15. The van der Waals surface area contributed by atoms with Crippen LogP contribution in [0.5, 0.6) is 0 Å². The Morgan fingerprint density at radius 2 is 1.45 bits per heavy atom. The topological polar surface area (TPSA) is 89.0 Å². The third kappa shape index (κ3) is 4.90. The minimum atomic E-state index is -6.35. The molecule has 3 aromatic rings. The fraction of sp³-hybridized carbons (Fsp3) is 0.320. The first kappa shape index (κ1) is 29.4. The van der Waals surface area contributed by atoms with E-state index in [1.54, 1.807) is 6.07 Å². The monoisotopic (exact) mass is 593 g/mol. The number of nitrogens with one attached hydrogen (secondary N) is 1. The molecule has 1 aliphatic carbocycles. The second kappa shape index (κ2) is 10.1. The van der Waals surface area contributed by atoms with Gasteiger partial charge < -0.3 is 5.32 Å². The first-order valence-corrected chi connectivity index (χ1v) is 13.0. The first-order chi connectivity index (χ1) is 18.5. The van der Waals surface area contributed by atoms with E-state index in [-0.39, 0.29) is 29.1 Å². The number of carbonyl (C=O) groups excluding carboxylic acids is 1. The van der Waals surface area contributed by atoms with E-state index in [0.29, 0.717) is 17.7 Å². The lowest BCUT2D eigenvalue weighted by molar-refractivity contribution is -0.348. The van der Waals surface area contributed by atoms with E-state index in [9.17, 15) is 48.3 Å². The molecule has 0 bridgehead atoms. The third-order valence-corrected chi connectivity index (χ3v) is 9.35. The van der Waals surface area contributed by atoms with Crippen LogP contribution in [0.3, 0.4) is 0 Å². The lowest BCUT2D eigenvalue weighted by atomic mass is 9.69. The van der Waals surface area contributed by atoms with E-state index in [4.69, 9.17) is 0 Å². The molecule has 6 nitrogen and oxygen atoms in total. The van der Waals surface area contributed by atoms with Gasteiger partial charge in [0.25, 0.3) is 0 Å². The number of rotatable bonds is 7. The molecule has 1 fully saturated rings. The van der Waals surface area contributed by atoms with Crippen LogP contribution in [0.15, 0.2) is 71.9 Å².